The minimum atomic E-state index is -1.21. The van der Waals surface area contributed by atoms with Crippen molar-refractivity contribution in [3.8, 4) is 5.75 Å². The molecule has 0 aliphatic heterocycles. The fourth-order valence-electron chi connectivity index (χ4n) is 1.63. The first kappa shape index (κ1) is 13.8. The summed E-state index contributed by atoms with van der Waals surface area (Å²) >= 11 is 5.91. The van der Waals surface area contributed by atoms with Crippen LogP contribution in [-0.2, 0) is 4.79 Å². The first-order valence-electron chi connectivity index (χ1n) is 4.96. The molecular weight excluding hydrogens is 244 g/mol. The Hall–Kier alpha value is -1.30. The van der Waals surface area contributed by atoms with Crippen molar-refractivity contribution in [1.82, 2.24) is 0 Å². The number of ether oxygens (including phenoxy) is 1. The monoisotopic (exact) mass is 258 g/mol. The largest absolute Gasteiger partial charge is 0.496 e. The number of halogens is 1. The van der Waals surface area contributed by atoms with E-state index in [1.165, 1.54) is 7.11 Å². The van der Waals surface area contributed by atoms with E-state index in [1.54, 1.807) is 19.1 Å². The van der Waals surface area contributed by atoms with Crippen LogP contribution in [0.2, 0.25) is 5.02 Å². The number of nitrogens with two attached hydrogens (primary N) is 2. The van der Waals surface area contributed by atoms with Gasteiger partial charge >= 0.3 is 5.97 Å². The van der Waals surface area contributed by atoms with Gasteiger partial charge in [0.2, 0.25) is 0 Å². The summed E-state index contributed by atoms with van der Waals surface area (Å²) in [5.74, 6) is -0.657. The van der Waals surface area contributed by atoms with Crippen molar-refractivity contribution in [1.29, 1.82) is 0 Å². The molecule has 5 nitrogen and oxygen atoms in total. The van der Waals surface area contributed by atoms with Gasteiger partial charge in [0.25, 0.3) is 0 Å². The topological polar surface area (TPSA) is 98.6 Å². The number of hydrogen-bond acceptors (Lipinski definition) is 4. The van der Waals surface area contributed by atoms with Gasteiger partial charge < -0.3 is 21.3 Å². The van der Waals surface area contributed by atoms with Gasteiger partial charge in [-0.3, -0.25) is 4.79 Å². The van der Waals surface area contributed by atoms with Gasteiger partial charge in [-0.1, -0.05) is 11.6 Å². The fourth-order valence-corrected chi connectivity index (χ4v) is 1.91. The van der Waals surface area contributed by atoms with Crippen molar-refractivity contribution in [3.05, 3.63) is 28.3 Å². The Morgan fingerprint density at radius 2 is 2.06 bits per heavy atom. The number of aryl methyl sites for hydroxylation is 1. The zero-order chi connectivity index (χ0) is 13.2. The van der Waals surface area contributed by atoms with E-state index in [9.17, 15) is 4.79 Å². The van der Waals surface area contributed by atoms with Crippen LogP contribution in [-0.4, -0.2) is 24.2 Å². The zero-order valence-electron chi connectivity index (χ0n) is 9.61. The highest BCUT2D eigenvalue weighted by Crippen LogP contribution is 2.32. The lowest BCUT2D eigenvalue weighted by molar-refractivity contribution is -0.139. The van der Waals surface area contributed by atoms with Gasteiger partial charge in [-0.15, -0.1) is 0 Å². The molecule has 0 spiro atoms. The summed E-state index contributed by atoms with van der Waals surface area (Å²) in [4.78, 5) is 10.8. The van der Waals surface area contributed by atoms with Crippen molar-refractivity contribution in [2.75, 3.05) is 7.11 Å². The number of methoxy groups -OCH3 is 1. The lowest BCUT2D eigenvalue weighted by Gasteiger charge is -2.20. The standard InChI is InChI=1S/C11H15ClN2O3/c1-5-3-6(12)4-7(10(5)17-2)8(13)9(14)11(15)16/h3-4,8-9H,13-14H2,1-2H3,(H,15,16). The van der Waals surface area contributed by atoms with E-state index in [4.69, 9.17) is 32.9 Å². The number of aliphatic carboxylic acids is 1. The molecule has 2 atom stereocenters. The van der Waals surface area contributed by atoms with Gasteiger partial charge in [-0.25, -0.2) is 0 Å². The molecule has 0 heterocycles. The summed E-state index contributed by atoms with van der Waals surface area (Å²) in [6.45, 7) is 1.80. The predicted molar refractivity (Wildman–Crippen MR) is 65.3 cm³/mol. The lowest BCUT2D eigenvalue weighted by atomic mass is 9.98. The molecule has 5 N–H and O–H groups in total. The molecule has 0 aromatic heterocycles. The average Bonchev–Trinajstić information content (AvgIpc) is 2.25. The number of hydrogen-bond donors (Lipinski definition) is 3. The Balaban J connectivity index is 3.24. The third-order valence-corrected chi connectivity index (χ3v) is 2.72. The van der Waals surface area contributed by atoms with Crippen LogP contribution in [0.4, 0.5) is 0 Å². The fraction of sp³-hybridized carbons (Fsp3) is 0.364. The Morgan fingerprint density at radius 3 is 2.53 bits per heavy atom. The maximum absolute atomic E-state index is 10.8. The van der Waals surface area contributed by atoms with Crippen LogP contribution in [0.15, 0.2) is 12.1 Å². The van der Waals surface area contributed by atoms with E-state index in [1.807, 2.05) is 0 Å². The van der Waals surface area contributed by atoms with Crippen LogP contribution in [0.3, 0.4) is 0 Å². The van der Waals surface area contributed by atoms with Crippen molar-refractivity contribution >= 4 is 17.6 Å². The molecule has 0 aliphatic rings. The maximum atomic E-state index is 10.8. The molecule has 0 aliphatic carbocycles. The van der Waals surface area contributed by atoms with E-state index in [0.717, 1.165) is 5.56 Å². The number of rotatable bonds is 4. The molecule has 1 rings (SSSR count). The first-order chi connectivity index (χ1) is 7.88. The minimum Gasteiger partial charge on any atom is -0.496 e. The van der Waals surface area contributed by atoms with Crippen molar-refractivity contribution in [2.24, 2.45) is 11.5 Å². The van der Waals surface area contributed by atoms with Crippen LogP contribution in [0.25, 0.3) is 0 Å². The Kier molecular flexibility index (Phi) is 4.34. The smallest absolute Gasteiger partial charge is 0.322 e. The summed E-state index contributed by atoms with van der Waals surface area (Å²) in [6.07, 6.45) is 0. The molecule has 0 saturated heterocycles. The first-order valence-corrected chi connectivity index (χ1v) is 5.34. The van der Waals surface area contributed by atoms with Crippen LogP contribution in [0.1, 0.15) is 17.2 Å². The van der Waals surface area contributed by atoms with Gasteiger partial charge in [-0.05, 0) is 24.6 Å². The summed E-state index contributed by atoms with van der Waals surface area (Å²) < 4.78 is 5.20. The number of carboxylic acids is 1. The quantitative estimate of drug-likeness (QED) is 0.750. The second kappa shape index (κ2) is 5.35. The van der Waals surface area contributed by atoms with E-state index < -0.39 is 18.1 Å². The molecule has 0 saturated carbocycles. The van der Waals surface area contributed by atoms with Gasteiger partial charge in [-0.2, -0.15) is 0 Å². The van der Waals surface area contributed by atoms with Gasteiger partial charge in [0.05, 0.1) is 13.2 Å². The maximum Gasteiger partial charge on any atom is 0.322 e. The molecule has 0 radical (unpaired) electrons. The molecule has 94 valence electrons. The second-order valence-electron chi connectivity index (χ2n) is 3.73. The third kappa shape index (κ3) is 2.88. The van der Waals surface area contributed by atoms with E-state index in [-0.39, 0.29) is 0 Å². The highest BCUT2D eigenvalue weighted by atomic mass is 35.5. The number of benzene rings is 1. The predicted octanol–water partition coefficient (Wildman–Crippen LogP) is 1.07. The molecule has 2 unspecified atom stereocenters. The number of carbonyl (C=O) groups is 1. The normalized spacial score (nSPS) is 14.2. The molecule has 0 fully saturated rings. The zero-order valence-corrected chi connectivity index (χ0v) is 10.4. The highest BCUT2D eigenvalue weighted by molar-refractivity contribution is 6.30. The van der Waals surface area contributed by atoms with Gasteiger partial charge in [0, 0.05) is 10.6 Å². The van der Waals surface area contributed by atoms with Crippen LogP contribution < -0.4 is 16.2 Å². The third-order valence-electron chi connectivity index (χ3n) is 2.50. The minimum absolute atomic E-state index is 0.464. The summed E-state index contributed by atoms with van der Waals surface area (Å²) in [5.41, 5.74) is 12.6. The van der Waals surface area contributed by atoms with Gasteiger partial charge in [0.1, 0.15) is 11.8 Å². The van der Waals surface area contributed by atoms with Crippen LogP contribution >= 0.6 is 11.6 Å². The molecular formula is C11H15ClN2O3. The summed E-state index contributed by atoms with van der Waals surface area (Å²) in [5, 5.41) is 9.30. The molecule has 1 aromatic rings. The summed E-state index contributed by atoms with van der Waals surface area (Å²) in [7, 11) is 1.48. The number of carboxylic acid groups (broad SMARTS) is 1. The summed E-state index contributed by atoms with van der Waals surface area (Å²) in [6, 6.07) is 1.20. The Morgan fingerprint density at radius 1 is 1.47 bits per heavy atom. The average molecular weight is 259 g/mol. The van der Waals surface area contributed by atoms with Crippen LogP contribution in [0, 0.1) is 6.92 Å². The highest BCUT2D eigenvalue weighted by Gasteiger charge is 2.25. The molecule has 6 heteroatoms. The van der Waals surface area contributed by atoms with E-state index in [2.05, 4.69) is 0 Å². The SMILES string of the molecule is COc1c(C)cc(Cl)cc1C(N)C(N)C(=O)O. The van der Waals surface area contributed by atoms with Crippen LogP contribution in [0.5, 0.6) is 5.75 Å². The van der Waals surface area contributed by atoms with Crippen molar-refractivity contribution in [3.63, 3.8) is 0 Å². The van der Waals surface area contributed by atoms with Crippen molar-refractivity contribution < 1.29 is 14.6 Å². The molecule has 17 heavy (non-hydrogen) atoms. The Bertz CT molecular complexity index is 437. The lowest BCUT2D eigenvalue weighted by Crippen LogP contribution is -2.41. The van der Waals surface area contributed by atoms with Crippen molar-refractivity contribution in [2.45, 2.75) is 19.0 Å². The van der Waals surface area contributed by atoms with E-state index in [0.29, 0.717) is 16.3 Å². The van der Waals surface area contributed by atoms with E-state index >= 15 is 0 Å². The van der Waals surface area contributed by atoms with Gasteiger partial charge in [0.15, 0.2) is 0 Å². The Labute approximate surface area is 104 Å². The molecule has 1 aromatic carbocycles. The molecule has 0 amide bonds. The second-order valence-corrected chi connectivity index (χ2v) is 4.17. The molecule has 0 bridgehead atoms.